The fraction of sp³-hybridized carbons (Fsp3) is 0.294. The topological polar surface area (TPSA) is 33.2 Å². The molecule has 0 spiro atoms. The molecule has 0 radical (unpaired) electrons. The summed E-state index contributed by atoms with van der Waals surface area (Å²) in [5, 5.41) is 0. The lowest BCUT2D eigenvalue weighted by atomic mass is 10.0. The maximum absolute atomic E-state index is 12.4. The molecule has 1 fully saturated rings. The first-order chi connectivity index (χ1) is 10.3. The molecule has 3 rings (SSSR count). The molecule has 0 bridgehead atoms. The zero-order chi connectivity index (χ0) is 14.7. The highest BCUT2D eigenvalue weighted by Gasteiger charge is 2.35. The van der Waals surface area contributed by atoms with Crippen molar-refractivity contribution in [2.75, 3.05) is 12.4 Å². The Bertz CT molecular complexity index is 563. The van der Waals surface area contributed by atoms with E-state index in [0.29, 0.717) is 18.8 Å². The van der Waals surface area contributed by atoms with Gasteiger partial charge in [0.1, 0.15) is 0 Å². The van der Waals surface area contributed by atoms with E-state index in [-0.39, 0.29) is 17.9 Å². The van der Waals surface area contributed by atoms with Crippen LogP contribution in [0.15, 0.2) is 54.7 Å². The molecule has 4 heteroatoms. The first kappa shape index (κ1) is 14.1. The van der Waals surface area contributed by atoms with Gasteiger partial charge in [-0.15, -0.1) is 11.6 Å². The molecule has 2 heterocycles. The van der Waals surface area contributed by atoms with Crippen LogP contribution in [0.1, 0.15) is 23.7 Å². The van der Waals surface area contributed by atoms with E-state index in [2.05, 4.69) is 4.98 Å². The van der Waals surface area contributed by atoms with E-state index in [1.165, 1.54) is 0 Å². The highest BCUT2D eigenvalue weighted by molar-refractivity contribution is 6.18. The number of halogens is 1. The summed E-state index contributed by atoms with van der Waals surface area (Å²) in [6.07, 6.45) is 2.30. The number of amides is 1. The number of nitrogens with zero attached hydrogens (tertiary/aromatic N) is 2. The first-order valence-corrected chi connectivity index (χ1v) is 7.64. The predicted octanol–water partition coefficient (Wildman–Crippen LogP) is 3.26. The third-order valence-corrected chi connectivity index (χ3v) is 4.29. The second-order valence-corrected chi connectivity index (χ2v) is 5.65. The third-order valence-electron chi connectivity index (χ3n) is 3.85. The van der Waals surface area contributed by atoms with E-state index < -0.39 is 0 Å². The maximum Gasteiger partial charge on any atom is 0.223 e. The van der Waals surface area contributed by atoms with Crippen molar-refractivity contribution in [3.8, 4) is 0 Å². The predicted molar refractivity (Wildman–Crippen MR) is 83.1 cm³/mol. The Morgan fingerprint density at radius 2 is 1.95 bits per heavy atom. The van der Waals surface area contributed by atoms with Gasteiger partial charge in [0.25, 0.3) is 0 Å². The summed E-state index contributed by atoms with van der Waals surface area (Å²) >= 11 is 5.94. The minimum absolute atomic E-state index is 0.131. The van der Waals surface area contributed by atoms with Crippen molar-refractivity contribution in [3.05, 3.63) is 66.0 Å². The SMILES string of the molecule is O=C1CC(CCl)CN1C(c1ccccc1)c1ccccn1. The smallest absolute Gasteiger partial charge is 0.223 e. The van der Waals surface area contributed by atoms with Gasteiger partial charge in [-0.05, 0) is 23.6 Å². The molecule has 1 aromatic heterocycles. The standard InChI is InChI=1S/C17H17ClN2O/c18-11-13-10-16(21)20(12-13)17(14-6-2-1-3-7-14)15-8-4-5-9-19-15/h1-9,13,17H,10-12H2. The van der Waals surface area contributed by atoms with E-state index in [1.807, 2.05) is 53.4 Å². The zero-order valence-corrected chi connectivity index (χ0v) is 12.4. The minimum atomic E-state index is -0.131. The number of likely N-dealkylation sites (tertiary alicyclic amines) is 1. The molecule has 0 aliphatic carbocycles. The van der Waals surface area contributed by atoms with Crippen LogP contribution in [0.3, 0.4) is 0 Å². The molecule has 2 unspecified atom stereocenters. The fourth-order valence-corrected chi connectivity index (χ4v) is 3.05. The Morgan fingerprint density at radius 1 is 1.19 bits per heavy atom. The van der Waals surface area contributed by atoms with Crippen molar-refractivity contribution < 1.29 is 4.79 Å². The van der Waals surface area contributed by atoms with Crippen LogP contribution in [0.2, 0.25) is 0 Å². The molecule has 1 amide bonds. The lowest BCUT2D eigenvalue weighted by Gasteiger charge is -2.28. The van der Waals surface area contributed by atoms with Gasteiger partial charge in [-0.25, -0.2) is 0 Å². The number of benzene rings is 1. The van der Waals surface area contributed by atoms with Gasteiger partial charge in [0.15, 0.2) is 0 Å². The summed E-state index contributed by atoms with van der Waals surface area (Å²) in [6.45, 7) is 0.693. The molecule has 1 aromatic carbocycles. The van der Waals surface area contributed by atoms with Crippen LogP contribution >= 0.6 is 11.6 Å². The summed E-state index contributed by atoms with van der Waals surface area (Å²) in [5.74, 6) is 0.903. The van der Waals surface area contributed by atoms with Crippen LogP contribution in [0.25, 0.3) is 0 Å². The molecule has 2 aromatic rings. The molecule has 1 saturated heterocycles. The zero-order valence-electron chi connectivity index (χ0n) is 11.7. The Balaban J connectivity index is 1.99. The van der Waals surface area contributed by atoms with Crippen molar-refractivity contribution in [2.45, 2.75) is 12.5 Å². The number of hydrogen-bond acceptors (Lipinski definition) is 2. The summed E-state index contributed by atoms with van der Waals surface area (Å²) in [7, 11) is 0. The molecular formula is C17H17ClN2O. The lowest BCUT2D eigenvalue weighted by molar-refractivity contribution is -0.129. The van der Waals surface area contributed by atoms with Crippen molar-refractivity contribution in [1.29, 1.82) is 0 Å². The van der Waals surface area contributed by atoms with E-state index >= 15 is 0 Å². The van der Waals surface area contributed by atoms with E-state index in [9.17, 15) is 4.79 Å². The number of alkyl halides is 1. The van der Waals surface area contributed by atoms with Crippen molar-refractivity contribution in [1.82, 2.24) is 9.88 Å². The summed E-state index contributed by atoms with van der Waals surface area (Å²) in [4.78, 5) is 18.7. The van der Waals surface area contributed by atoms with Gasteiger partial charge >= 0.3 is 0 Å². The summed E-state index contributed by atoms with van der Waals surface area (Å²) in [6, 6.07) is 15.7. The molecule has 2 atom stereocenters. The second-order valence-electron chi connectivity index (χ2n) is 5.34. The van der Waals surface area contributed by atoms with Gasteiger partial charge in [-0.2, -0.15) is 0 Å². The summed E-state index contributed by atoms with van der Waals surface area (Å²) < 4.78 is 0. The maximum atomic E-state index is 12.4. The average molecular weight is 301 g/mol. The van der Waals surface area contributed by atoms with E-state index in [0.717, 1.165) is 11.3 Å². The van der Waals surface area contributed by atoms with Crippen LogP contribution in [0.4, 0.5) is 0 Å². The van der Waals surface area contributed by atoms with Crippen LogP contribution in [-0.2, 0) is 4.79 Å². The largest absolute Gasteiger partial charge is 0.330 e. The molecule has 3 nitrogen and oxygen atoms in total. The van der Waals surface area contributed by atoms with Crippen LogP contribution in [-0.4, -0.2) is 28.2 Å². The Labute approximate surface area is 129 Å². The number of aromatic nitrogens is 1. The van der Waals surface area contributed by atoms with Crippen molar-refractivity contribution >= 4 is 17.5 Å². The quantitative estimate of drug-likeness (QED) is 0.812. The molecule has 1 aliphatic heterocycles. The van der Waals surface area contributed by atoms with Gasteiger partial charge < -0.3 is 4.90 Å². The van der Waals surface area contributed by atoms with Gasteiger partial charge in [0.05, 0.1) is 11.7 Å². The second kappa shape index (κ2) is 6.27. The highest BCUT2D eigenvalue weighted by Crippen LogP contribution is 2.33. The Hall–Kier alpha value is -1.87. The van der Waals surface area contributed by atoms with Gasteiger partial charge in [0.2, 0.25) is 5.91 Å². The Kier molecular flexibility index (Phi) is 4.20. The van der Waals surface area contributed by atoms with Crippen molar-refractivity contribution in [2.24, 2.45) is 5.92 Å². The van der Waals surface area contributed by atoms with E-state index in [4.69, 9.17) is 11.6 Å². The number of carbonyl (C=O) groups is 1. The molecule has 21 heavy (non-hydrogen) atoms. The number of pyridine rings is 1. The first-order valence-electron chi connectivity index (χ1n) is 7.11. The number of rotatable bonds is 4. The molecule has 108 valence electrons. The minimum Gasteiger partial charge on any atom is -0.330 e. The third kappa shape index (κ3) is 2.93. The molecule has 1 aliphatic rings. The molecular weight excluding hydrogens is 284 g/mol. The fourth-order valence-electron chi connectivity index (χ4n) is 2.84. The van der Waals surface area contributed by atoms with Crippen LogP contribution in [0, 0.1) is 5.92 Å². The number of carbonyl (C=O) groups excluding carboxylic acids is 1. The highest BCUT2D eigenvalue weighted by atomic mass is 35.5. The number of hydrogen-bond donors (Lipinski definition) is 0. The van der Waals surface area contributed by atoms with Crippen LogP contribution < -0.4 is 0 Å². The lowest BCUT2D eigenvalue weighted by Crippen LogP contribution is -2.31. The summed E-state index contributed by atoms with van der Waals surface area (Å²) in [5.41, 5.74) is 1.98. The van der Waals surface area contributed by atoms with Gasteiger partial charge in [-0.1, -0.05) is 36.4 Å². The van der Waals surface area contributed by atoms with E-state index in [1.54, 1.807) is 6.20 Å². The van der Waals surface area contributed by atoms with Crippen LogP contribution in [0.5, 0.6) is 0 Å². The van der Waals surface area contributed by atoms with Gasteiger partial charge in [0, 0.05) is 25.0 Å². The molecule has 0 saturated carbocycles. The average Bonchev–Trinajstić information content (AvgIpc) is 2.91. The van der Waals surface area contributed by atoms with Crippen molar-refractivity contribution in [3.63, 3.8) is 0 Å². The molecule has 0 N–H and O–H groups in total. The monoisotopic (exact) mass is 300 g/mol. The normalized spacial score (nSPS) is 19.8. The Morgan fingerprint density at radius 3 is 2.57 bits per heavy atom. The van der Waals surface area contributed by atoms with Gasteiger partial charge in [-0.3, -0.25) is 9.78 Å².